The van der Waals surface area contributed by atoms with E-state index in [1.807, 2.05) is 7.05 Å². The molecule has 0 radical (unpaired) electrons. The molecule has 0 saturated carbocycles. The molecule has 0 amide bonds. The first-order valence-corrected chi connectivity index (χ1v) is 6.96. The van der Waals surface area contributed by atoms with Gasteiger partial charge in [0.2, 0.25) is 0 Å². The number of thiazole rings is 1. The third-order valence-electron chi connectivity index (χ3n) is 2.91. The van der Waals surface area contributed by atoms with Gasteiger partial charge < -0.3 is 10.1 Å². The summed E-state index contributed by atoms with van der Waals surface area (Å²) in [5, 5.41) is 6.56. The first-order chi connectivity index (χ1) is 7.88. The molecule has 4 heteroatoms. The Balaban J connectivity index is 1.81. The zero-order valence-corrected chi connectivity index (χ0v) is 10.7. The Bertz CT molecular complexity index is 308. The van der Waals surface area contributed by atoms with Crippen LogP contribution in [0.2, 0.25) is 0 Å². The number of ether oxygens (including phenoxy) is 1. The van der Waals surface area contributed by atoms with E-state index in [0.29, 0.717) is 6.10 Å². The minimum atomic E-state index is 0.414. The van der Waals surface area contributed by atoms with E-state index in [0.717, 1.165) is 26.0 Å². The molecule has 16 heavy (non-hydrogen) atoms. The number of hydrogen-bond donors (Lipinski definition) is 1. The van der Waals surface area contributed by atoms with E-state index in [1.165, 1.54) is 30.0 Å². The lowest BCUT2D eigenvalue weighted by Gasteiger charge is -2.21. The molecule has 2 heterocycles. The van der Waals surface area contributed by atoms with Gasteiger partial charge in [-0.05, 0) is 26.3 Å². The smallest absolute Gasteiger partial charge is 0.0954 e. The normalized spacial score (nSPS) is 21.2. The number of likely N-dealkylation sites (N-methyl/N-ethyl adjacent to an activating group) is 1. The van der Waals surface area contributed by atoms with Gasteiger partial charge in [-0.2, -0.15) is 0 Å². The molecule has 0 aliphatic carbocycles. The number of nitrogens with one attached hydrogen (secondary N) is 1. The number of aromatic nitrogens is 1. The van der Waals surface area contributed by atoms with Crippen LogP contribution in [0.3, 0.4) is 0 Å². The van der Waals surface area contributed by atoms with Crippen molar-refractivity contribution in [1.29, 1.82) is 0 Å². The lowest BCUT2D eigenvalue weighted by Crippen LogP contribution is -2.21. The summed E-state index contributed by atoms with van der Waals surface area (Å²) in [6, 6.07) is 0. The summed E-state index contributed by atoms with van der Waals surface area (Å²) in [5.74, 6) is 0. The van der Waals surface area contributed by atoms with E-state index in [1.54, 1.807) is 11.3 Å². The van der Waals surface area contributed by atoms with Gasteiger partial charge in [-0.1, -0.05) is 0 Å². The predicted octanol–water partition coefficient (Wildman–Crippen LogP) is 2.02. The Kier molecular flexibility index (Phi) is 4.75. The maximum absolute atomic E-state index is 5.73. The first-order valence-electron chi connectivity index (χ1n) is 6.08. The van der Waals surface area contributed by atoms with E-state index in [-0.39, 0.29) is 0 Å². The van der Waals surface area contributed by atoms with Crippen LogP contribution >= 0.6 is 11.3 Å². The summed E-state index contributed by atoms with van der Waals surface area (Å²) in [6.07, 6.45) is 6.18. The Morgan fingerprint density at radius 2 is 2.50 bits per heavy atom. The molecule has 0 bridgehead atoms. The van der Waals surface area contributed by atoms with Crippen LogP contribution in [0.25, 0.3) is 0 Å². The quantitative estimate of drug-likeness (QED) is 0.855. The number of nitrogens with zero attached hydrogens (tertiary/aromatic N) is 1. The summed E-state index contributed by atoms with van der Waals surface area (Å²) in [6.45, 7) is 1.94. The third-order valence-corrected chi connectivity index (χ3v) is 3.83. The molecule has 1 atom stereocenters. The van der Waals surface area contributed by atoms with E-state index in [2.05, 4.69) is 15.7 Å². The van der Waals surface area contributed by atoms with Crippen molar-refractivity contribution in [3.63, 3.8) is 0 Å². The second-order valence-corrected chi connectivity index (χ2v) is 5.22. The van der Waals surface area contributed by atoms with Gasteiger partial charge in [0.25, 0.3) is 0 Å². The molecular weight excluding hydrogens is 220 g/mol. The molecule has 2 rings (SSSR count). The highest BCUT2D eigenvalue weighted by Crippen LogP contribution is 2.19. The predicted molar refractivity (Wildman–Crippen MR) is 67.0 cm³/mol. The molecule has 1 unspecified atom stereocenters. The van der Waals surface area contributed by atoms with Gasteiger partial charge in [0.1, 0.15) is 0 Å². The van der Waals surface area contributed by atoms with Gasteiger partial charge in [-0.15, -0.1) is 11.3 Å². The van der Waals surface area contributed by atoms with Crippen molar-refractivity contribution in [3.05, 3.63) is 16.1 Å². The Morgan fingerprint density at radius 1 is 1.56 bits per heavy atom. The minimum absolute atomic E-state index is 0.414. The molecule has 90 valence electrons. The maximum Gasteiger partial charge on any atom is 0.0954 e. The van der Waals surface area contributed by atoms with Crippen molar-refractivity contribution in [2.75, 3.05) is 20.2 Å². The highest BCUT2D eigenvalue weighted by molar-refractivity contribution is 7.09. The average molecular weight is 240 g/mol. The summed E-state index contributed by atoms with van der Waals surface area (Å²) in [4.78, 5) is 4.64. The third kappa shape index (κ3) is 3.54. The van der Waals surface area contributed by atoms with Crippen molar-refractivity contribution in [3.8, 4) is 0 Å². The topological polar surface area (TPSA) is 34.1 Å². The van der Waals surface area contributed by atoms with Gasteiger partial charge in [0.15, 0.2) is 0 Å². The summed E-state index contributed by atoms with van der Waals surface area (Å²) in [7, 11) is 1.98. The van der Waals surface area contributed by atoms with Crippen LogP contribution in [0, 0.1) is 0 Å². The summed E-state index contributed by atoms with van der Waals surface area (Å²) in [5.41, 5.74) is 1.21. The van der Waals surface area contributed by atoms with Gasteiger partial charge in [0, 0.05) is 31.4 Å². The van der Waals surface area contributed by atoms with Crippen LogP contribution in [0.1, 0.15) is 30.0 Å². The summed E-state index contributed by atoms with van der Waals surface area (Å²) >= 11 is 1.77. The van der Waals surface area contributed by atoms with Gasteiger partial charge in [0.05, 0.1) is 16.8 Å². The molecule has 3 nitrogen and oxygen atoms in total. The molecule has 1 N–H and O–H groups in total. The highest BCUT2D eigenvalue weighted by atomic mass is 32.1. The van der Waals surface area contributed by atoms with Gasteiger partial charge in [-0.3, -0.25) is 0 Å². The van der Waals surface area contributed by atoms with Crippen molar-refractivity contribution < 1.29 is 4.74 Å². The Labute approximate surface area is 101 Å². The fraction of sp³-hybridized carbons (Fsp3) is 0.750. The van der Waals surface area contributed by atoms with Crippen LogP contribution in [0.5, 0.6) is 0 Å². The van der Waals surface area contributed by atoms with Crippen molar-refractivity contribution in [2.24, 2.45) is 0 Å². The second-order valence-electron chi connectivity index (χ2n) is 4.28. The molecule has 1 aromatic heterocycles. The molecule has 1 aromatic rings. The molecular formula is C12H20N2OS. The Hall–Kier alpha value is -0.450. The second kappa shape index (κ2) is 6.33. The fourth-order valence-corrected chi connectivity index (χ4v) is 2.87. The first kappa shape index (κ1) is 12.0. The lowest BCUT2D eigenvalue weighted by atomic mass is 10.1. The highest BCUT2D eigenvalue weighted by Gasteiger charge is 2.15. The Morgan fingerprint density at radius 3 is 3.25 bits per heavy atom. The SMILES string of the molecule is CNCCc1csc(CC2CCCCO2)n1. The zero-order chi connectivity index (χ0) is 11.2. The van der Waals surface area contributed by atoms with Gasteiger partial charge in [-0.25, -0.2) is 4.98 Å². The lowest BCUT2D eigenvalue weighted by molar-refractivity contribution is 0.0167. The molecule has 1 saturated heterocycles. The molecule has 1 fully saturated rings. The number of hydrogen-bond acceptors (Lipinski definition) is 4. The van der Waals surface area contributed by atoms with Crippen LogP contribution in [-0.4, -0.2) is 31.3 Å². The van der Waals surface area contributed by atoms with Crippen molar-refractivity contribution >= 4 is 11.3 Å². The van der Waals surface area contributed by atoms with Crippen molar-refractivity contribution in [2.45, 2.75) is 38.2 Å². The van der Waals surface area contributed by atoms with E-state index in [4.69, 9.17) is 4.74 Å². The minimum Gasteiger partial charge on any atom is -0.378 e. The standard InChI is InChI=1S/C12H20N2OS/c1-13-6-5-10-9-16-12(14-10)8-11-4-2-3-7-15-11/h9,11,13H,2-8H2,1H3. The van der Waals surface area contributed by atoms with Crippen LogP contribution in [0.4, 0.5) is 0 Å². The van der Waals surface area contributed by atoms with Crippen LogP contribution in [0.15, 0.2) is 5.38 Å². The molecule has 1 aliphatic heterocycles. The fourth-order valence-electron chi connectivity index (χ4n) is 1.97. The van der Waals surface area contributed by atoms with E-state index in [9.17, 15) is 0 Å². The monoisotopic (exact) mass is 240 g/mol. The largest absolute Gasteiger partial charge is 0.378 e. The molecule has 0 aromatic carbocycles. The van der Waals surface area contributed by atoms with E-state index < -0.39 is 0 Å². The molecule has 1 aliphatic rings. The van der Waals surface area contributed by atoms with E-state index >= 15 is 0 Å². The zero-order valence-electron chi connectivity index (χ0n) is 9.87. The van der Waals surface area contributed by atoms with Crippen LogP contribution in [-0.2, 0) is 17.6 Å². The average Bonchev–Trinajstić information content (AvgIpc) is 2.75. The van der Waals surface area contributed by atoms with Gasteiger partial charge >= 0.3 is 0 Å². The molecule has 0 spiro atoms. The van der Waals surface area contributed by atoms with Crippen LogP contribution < -0.4 is 5.32 Å². The summed E-state index contributed by atoms with van der Waals surface area (Å²) < 4.78 is 5.73. The maximum atomic E-state index is 5.73. The van der Waals surface area contributed by atoms with Crippen molar-refractivity contribution in [1.82, 2.24) is 10.3 Å². The number of rotatable bonds is 5.